The second-order valence-electron chi connectivity index (χ2n) is 6.92. The molecule has 0 fully saturated rings. The molecule has 2 heterocycles. The molecule has 0 saturated carbocycles. The summed E-state index contributed by atoms with van der Waals surface area (Å²) in [4.78, 5) is 31.6. The first kappa shape index (κ1) is 19.8. The van der Waals surface area contributed by atoms with Gasteiger partial charge >= 0.3 is 5.97 Å². The number of fused-ring (bicyclic) bond motifs is 1. The fourth-order valence-electron chi connectivity index (χ4n) is 3.06. The van der Waals surface area contributed by atoms with Gasteiger partial charge in [0.15, 0.2) is 0 Å². The number of carbonyl (C=O) groups excluding carboxylic acids is 2. The highest BCUT2D eigenvalue weighted by Crippen LogP contribution is 2.33. The van der Waals surface area contributed by atoms with Crippen molar-refractivity contribution in [1.29, 1.82) is 0 Å². The van der Waals surface area contributed by atoms with Crippen LogP contribution >= 0.6 is 11.3 Å². The molecule has 152 valence electrons. The van der Waals surface area contributed by atoms with Gasteiger partial charge in [0.25, 0.3) is 5.91 Å². The van der Waals surface area contributed by atoms with Crippen molar-refractivity contribution in [3.05, 3.63) is 59.7 Å². The predicted molar refractivity (Wildman–Crippen MR) is 120 cm³/mol. The van der Waals surface area contributed by atoms with Crippen LogP contribution in [0.25, 0.3) is 16.3 Å². The number of methoxy groups -OCH3 is 1. The fourth-order valence-corrected chi connectivity index (χ4v) is 3.97. The Morgan fingerprint density at radius 1 is 1.17 bits per heavy atom. The number of hydrazone groups is 1. The quantitative estimate of drug-likeness (QED) is 0.465. The van der Waals surface area contributed by atoms with E-state index in [9.17, 15) is 9.59 Å². The summed E-state index contributed by atoms with van der Waals surface area (Å²) in [5.74, 6) is -0.772. The Balaban J connectivity index is 1.72. The Bertz CT molecular complexity index is 1150. The summed E-state index contributed by atoms with van der Waals surface area (Å²) in [7, 11) is 5.24. The van der Waals surface area contributed by atoms with Crippen LogP contribution in [-0.4, -0.2) is 43.8 Å². The van der Waals surface area contributed by atoms with Crippen LogP contribution in [0.2, 0.25) is 0 Å². The largest absolute Gasteiger partial charge is 0.469 e. The molecule has 1 amide bonds. The Hall–Kier alpha value is -3.52. The summed E-state index contributed by atoms with van der Waals surface area (Å²) in [6.45, 7) is 0. The van der Waals surface area contributed by atoms with E-state index >= 15 is 0 Å². The SMILES string of the molecule is COC(=O)CC1=NN(c2nc3ccccc3s2)C(=O)/C1=C/c1ccc(N(C)C)cc1. The number of nitrogens with zero attached hydrogens (tertiary/aromatic N) is 4. The van der Waals surface area contributed by atoms with Gasteiger partial charge in [0, 0.05) is 19.8 Å². The minimum absolute atomic E-state index is 0.0920. The third-order valence-corrected chi connectivity index (χ3v) is 5.69. The molecule has 2 aromatic carbocycles. The topological polar surface area (TPSA) is 75.1 Å². The lowest BCUT2D eigenvalue weighted by Crippen LogP contribution is -2.21. The molecule has 1 aliphatic heterocycles. The van der Waals surface area contributed by atoms with Crippen molar-refractivity contribution in [3.8, 4) is 0 Å². The first-order valence-corrected chi connectivity index (χ1v) is 10.1. The van der Waals surface area contributed by atoms with Crippen LogP contribution < -0.4 is 9.91 Å². The van der Waals surface area contributed by atoms with Gasteiger partial charge in [0.2, 0.25) is 5.13 Å². The van der Waals surface area contributed by atoms with Crippen LogP contribution in [-0.2, 0) is 14.3 Å². The monoisotopic (exact) mass is 420 g/mol. The average molecular weight is 420 g/mol. The molecule has 7 nitrogen and oxygen atoms in total. The Labute approximate surface area is 177 Å². The third-order valence-electron chi connectivity index (χ3n) is 4.68. The lowest BCUT2D eigenvalue weighted by molar-refractivity contribution is -0.139. The van der Waals surface area contributed by atoms with E-state index in [1.807, 2.05) is 67.5 Å². The predicted octanol–water partition coefficient (Wildman–Crippen LogP) is 3.71. The standard InChI is InChI=1S/C22H20N4O3S/c1-25(2)15-10-8-14(9-11-15)12-16-18(13-20(27)29-3)24-26(21(16)28)22-23-17-6-4-5-7-19(17)30-22/h4-12H,13H2,1-3H3/b16-12+. The van der Waals surface area contributed by atoms with Gasteiger partial charge in [-0.3, -0.25) is 9.59 Å². The smallest absolute Gasteiger partial charge is 0.311 e. The highest BCUT2D eigenvalue weighted by atomic mass is 32.1. The van der Waals surface area contributed by atoms with Gasteiger partial charge in [0.05, 0.1) is 35.0 Å². The molecule has 0 radical (unpaired) electrons. The molecule has 0 bridgehead atoms. The molecule has 1 aliphatic rings. The van der Waals surface area contributed by atoms with E-state index in [1.54, 1.807) is 6.08 Å². The molecule has 0 atom stereocenters. The van der Waals surface area contributed by atoms with Crippen molar-refractivity contribution < 1.29 is 14.3 Å². The molecule has 3 aromatic rings. The Kier molecular flexibility index (Phi) is 5.33. The van der Waals surface area contributed by atoms with Crippen molar-refractivity contribution in [2.45, 2.75) is 6.42 Å². The molecule has 4 rings (SSSR count). The summed E-state index contributed by atoms with van der Waals surface area (Å²) >= 11 is 1.38. The van der Waals surface area contributed by atoms with E-state index in [4.69, 9.17) is 4.74 Å². The average Bonchev–Trinajstić information content (AvgIpc) is 3.30. The van der Waals surface area contributed by atoms with E-state index in [-0.39, 0.29) is 12.3 Å². The lowest BCUT2D eigenvalue weighted by atomic mass is 10.0. The number of para-hydroxylation sites is 1. The summed E-state index contributed by atoms with van der Waals surface area (Å²) in [6.07, 6.45) is 1.65. The molecule has 30 heavy (non-hydrogen) atoms. The number of aromatic nitrogens is 1. The number of amides is 1. The molecule has 0 unspecified atom stereocenters. The molecule has 1 aromatic heterocycles. The number of esters is 1. The molecule has 0 spiro atoms. The van der Waals surface area contributed by atoms with Crippen LogP contribution in [0.15, 0.2) is 59.2 Å². The molecular formula is C22H20N4O3S. The molecule has 8 heteroatoms. The van der Waals surface area contributed by atoms with E-state index in [1.165, 1.54) is 23.5 Å². The van der Waals surface area contributed by atoms with Crippen LogP contribution in [0.1, 0.15) is 12.0 Å². The molecule has 0 N–H and O–H groups in total. The van der Waals surface area contributed by atoms with E-state index in [2.05, 4.69) is 10.1 Å². The highest BCUT2D eigenvalue weighted by Gasteiger charge is 2.34. The van der Waals surface area contributed by atoms with Gasteiger partial charge < -0.3 is 9.64 Å². The number of anilines is 2. The van der Waals surface area contributed by atoms with Gasteiger partial charge in [-0.05, 0) is 35.9 Å². The number of thiazole rings is 1. The van der Waals surface area contributed by atoms with Crippen molar-refractivity contribution >= 4 is 56.0 Å². The number of hydrogen-bond donors (Lipinski definition) is 0. The van der Waals surface area contributed by atoms with Gasteiger partial charge in [0.1, 0.15) is 0 Å². The van der Waals surface area contributed by atoms with Crippen molar-refractivity contribution in [2.24, 2.45) is 5.10 Å². The van der Waals surface area contributed by atoms with Gasteiger partial charge in [-0.25, -0.2) is 4.98 Å². The number of benzene rings is 2. The third kappa shape index (κ3) is 3.81. The number of rotatable bonds is 5. The Morgan fingerprint density at radius 3 is 2.57 bits per heavy atom. The van der Waals surface area contributed by atoms with Crippen molar-refractivity contribution in [3.63, 3.8) is 0 Å². The maximum atomic E-state index is 13.2. The van der Waals surface area contributed by atoms with E-state index in [0.29, 0.717) is 16.4 Å². The summed E-state index contributed by atoms with van der Waals surface area (Å²) in [6, 6.07) is 15.4. The minimum Gasteiger partial charge on any atom is -0.469 e. The maximum Gasteiger partial charge on any atom is 0.311 e. The molecule has 0 aliphatic carbocycles. The zero-order valence-corrected chi connectivity index (χ0v) is 17.6. The van der Waals surface area contributed by atoms with E-state index in [0.717, 1.165) is 21.5 Å². The van der Waals surface area contributed by atoms with E-state index < -0.39 is 5.97 Å². The fraction of sp³-hybridized carbons (Fsp3) is 0.182. The number of hydrogen-bond acceptors (Lipinski definition) is 7. The lowest BCUT2D eigenvalue weighted by Gasteiger charge is -2.12. The zero-order valence-electron chi connectivity index (χ0n) is 16.8. The second-order valence-corrected chi connectivity index (χ2v) is 7.93. The summed E-state index contributed by atoms with van der Waals surface area (Å²) in [5.41, 5.74) is 3.41. The molecule has 0 saturated heterocycles. The Morgan fingerprint density at radius 2 is 1.90 bits per heavy atom. The number of carbonyl (C=O) groups is 2. The highest BCUT2D eigenvalue weighted by molar-refractivity contribution is 7.22. The molecular weight excluding hydrogens is 400 g/mol. The van der Waals surface area contributed by atoms with Gasteiger partial charge in [-0.15, -0.1) is 0 Å². The zero-order chi connectivity index (χ0) is 21.3. The number of ether oxygens (including phenoxy) is 1. The minimum atomic E-state index is -0.457. The maximum absolute atomic E-state index is 13.2. The van der Waals surface area contributed by atoms with Crippen LogP contribution in [0.5, 0.6) is 0 Å². The van der Waals surface area contributed by atoms with Gasteiger partial charge in [-0.2, -0.15) is 10.1 Å². The first-order valence-electron chi connectivity index (χ1n) is 9.30. The van der Waals surface area contributed by atoms with Crippen LogP contribution in [0.3, 0.4) is 0 Å². The van der Waals surface area contributed by atoms with Gasteiger partial charge in [-0.1, -0.05) is 35.6 Å². The van der Waals surface area contributed by atoms with Crippen LogP contribution in [0.4, 0.5) is 10.8 Å². The van der Waals surface area contributed by atoms with Crippen molar-refractivity contribution in [2.75, 3.05) is 31.1 Å². The van der Waals surface area contributed by atoms with Crippen molar-refractivity contribution in [1.82, 2.24) is 4.98 Å². The van der Waals surface area contributed by atoms with Crippen LogP contribution in [0, 0.1) is 0 Å². The second kappa shape index (κ2) is 8.08. The summed E-state index contributed by atoms with van der Waals surface area (Å²) in [5, 5.41) is 6.15. The first-order chi connectivity index (χ1) is 14.5. The summed E-state index contributed by atoms with van der Waals surface area (Å²) < 4.78 is 5.74. The normalized spacial score (nSPS) is 15.0.